The third-order valence-electron chi connectivity index (χ3n) is 1.57. The fourth-order valence-electron chi connectivity index (χ4n) is 0.600. The van der Waals surface area contributed by atoms with Crippen LogP contribution in [0.5, 0.6) is 0 Å². The number of carboxylic acids is 2. The second kappa shape index (κ2) is 4.03. The first-order valence-corrected chi connectivity index (χ1v) is 3.34. The minimum absolute atomic E-state index is 0.172. The molecule has 1 unspecified atom stereocenters. The normalized spacial score (nSPS) is 15.2. The number of aliphatic hydroxyl groups excluding tert-OH is 1. The van der Waals surface area contributed by atoms with Crippen molar-refractivity contribution < 1.29 is 30.6 Å². The minimum Gasteiger partial charge on any atom is -0.481 e. The predicted octanol–water partition coefficient (Wildman–Crippen LogP) is -2.09. The summed E-state index contributed by atoms with van der Waals surface area (Å²) in [4.78, 5) is 20.5. The second-order valence-corrected chi connectivity index (χ2v) is 2.64. The molecule has 70 valence electrons. The molecule has 0 heterocycles. The lowest BCUT2D eigenvalue weighted by atomic mass is 9.96. The van der Waals surface area contributed by atoms with E-state index in [9.17, 15) is 9.59 Å². The maximum Gasteiger partial charge on any atom is 0.368 e. The molecular formula is C6H12NO5+. The lowest BCUT2D eigenvalue weighted by Gasteiger charge is -2.16. The molecule has 0 spiro atoms. The van der Waals surface area contributed by atoms with Gasteiger partial charge in [0, 0.05) is 6.42 Å². The van der Waals surface area contributed by atoms with Crippen molar-refractivity contribution in [1.29, 1.82) is 0 Å². The van der Waals surface area contributed by atoms with Gasteiger partial charge in [0.05, 0.1) is 6.42 Å². The number of hydrogen-bond acceptors (Lipinski definition) is 3. The average Bonchev–Trinajstić information content (AvgIpc) is 1.99. The summed E-state index contributed by atoms with van der Waals surface area (Å²) in [6, 6.07) is 0. The van der Waals surface area contributed by atoms with E-state index in [-0.39, 0.29) is 12.8 Å². The topological polar surface area (TPSA) is 122 Å². The molecule has 0 aliphatic carbocycles. The van der Waals surface area contributed by atoms with Crippen molar-refractivity contribution in [3.8, 4) is 0 Å². The summed E-state index contributed by atoms with van der Waals surface area (Å²) in [5.41, 5.74) is 1.66. The summed E-state index contributed by atoms with van der Waals surface area (Å²) in [6.07, 6.45) is -0.482. The third kappa shape index (κ3) is 2.85. The van der Waals surface area contributed by atoms with E-state index in [4.69, 9.17) is 15.3 Å². The predicted molar refractivity (Wildman–Crippen MR) is 37.2 cm³/mol. The number of aliphatic carboxylic acids is 2. The maximum atomic E-state index is 10.4. The molecule has 0 aliphatic rings. The maximum absolute atomic E-state index is 10.4. The average molecular weight is 178 g/mol. The van der Waals surface area contributed by atoms with Gasteiger partial charge in [-0.2, -0.15) is 0 Å². The summed E-state index contributed by atoms with van der Waals surface area (Å²) in [7, 11) is 0. The molecule has 0 bridgehead atoms. The smallest absolute Gasteiger partial charge is 0.368 e. The lowest BCUT2D eigenvalue weighted by molar-refractivity contribution is -0.469. The first-order valence-electron chi connectivity index (χ1n) is 3.34. The molecule has 1 atom stereocenters. The van der Waals surface area contributed by atoms with Crippen LogP contribution in [0, 0.1) is 0 Å². The van der Waals surface area contributed by atoms with E-state index in [0.717, 1.165) is 0 Å². The van der Waals surface area contributed by atoms with Crippen LogP contribution in [0.15, 0.2) is 0 Å². The summed E-state index contributed by atoms with van der Waals surface area (Å²) < 4.78 is 0. The number of aliphatic hydroxyl groups is 1. The minimum atomic E-state index is -1.58. The van der Waals surface area contributed by atoms with Gasteiger partial charge in [-0.3, -0.25) is 4.79 Å². The molecule has 0 aromatic heterocycles. The lowest BCUT2D eigenvalue weighted by Crippen LogP contribution is -2.78. The highest BCUT2D eigenvalue weighted by atomic mass is 16.4. The van der Waals surface area contributed by atoms with E-state index in [1.165, 1.54) is 0 Å². The van der Waals surface area contributed by atoms with E-state index in [1.54, 1.807) is 0 Å². The Morgan fingerprint density at radius 1 is 1.33 bits per heavy atom. The van der Waals surface area contributed by atoms with Crippen LogP contribution in [0.25, 0.3) is 0 Å². The number of hydrogen-bond donors (Lipinski definition) is 4. The van der Waals surface area contributed by atoms with Crippen LogP contribution in [0.2, 0.25) is 0 Å². The Morgan fingerprint density at radius 3 is 2.08 bits per heavy atom. The van der Waals surface area contributed by atoms with E-state index in [2.05, 4.69) is 5.73 Å². The van der Waals surface area contributed by atoms with Crippen LogP contribution in [0.4, 0.5) is 0 Å². The molecule has 12 heavy (non-hydrogen) atoms. The molecule has 0 amide bonds. The van der Waals surface area contributed by atoms with Gasteiger partial charge < -0.3 is 21.1 Å². The largest absolute Gasteiger partial charge is 0.481 e. The first kappa shape index (κ1) is 10.9. The van der Waals surface area contributed by atoms with E-state index >= 15 is 0 Å². The van der Waals surface area contributed by atoms with Crippen molar-refractivity contribution in [2.75, 3.05) is 6.61 Å². The standard InChI is InChI=1S/C6H11NO5/c7-6(3-8,5(11)12)2-1-4(9)10/h8H,1-3,7H2,(H,9,10)(H,11,12)/p+1. The molecular weight excluding hydrogens is 166 g/mol. The van der Waals surface area contributed by atoms with E-state index in [1.807, 2.05) is 0 Å². The Hall–Kier alpha value is -1.14. The van der Waals surface area contributed by atoms with Gasteiger partial charge in [-0.25, -0.2) is 4.79 Å². The van der Waals surface area contributed by atoms with E-state index < -0.39 is 24.1 Å². The fraction of sp³-hybridized carbons (Fsp3) is 0.667. The van der Waals surface area contributed by atoms with Crippen molar-refractivity contribution >= 4 is 11.9 Å². The summed E-state index contributed by atoms with van der Waals surface area (Å²) in [6.45, 7) is -0.657. The first-order chi connectivity index (χ1) is 5.42. The van der Waals surface area contributed by atoms with Crippen LogP contribution in [-0.2, 0) is 9.59 Å². The summed E-state index contributed by atoms with van der Waals surface area (Å²) in [5, 5.41) is 25.4. The van der Waals surface area contributed by atoms with Crippen molar-refractivity contribution in [3.63, 3.8) is 0 Å². The monoisotopic (exact) mass is 178 g/mol. The van der Waals surface area contributed by atoms with Gasteiger partial charge in [0.15, 0.2) is 0 Å². The molecule has 0 aliphatic heterocycles. The SMILES string of the molecule is [NH3+]C(CO)(CCC(=O)O)C(=O)O. The van der Waals surface area contributed by atoms with Crippen LogP contribution in [0.3, 0.4) is 0 Å². The zero-order valence-corrected chi connectivity index (χ0v) is 6.49. The number of quaternary nitrogens is 1. The van der Waals surface area contributed by atoms with Gasteiger partial charge in [0.2, 0.25) is 5.54 Å². The van der Waals surface area contributed by atoms with Gasteiger partial charge in [0.1, 0.15) is 6.61 Å². The van der Waals surface area contributed by atoms with Gasteiger partial charge in [-0.05, 0) is 0 Å². The van der Waals surface area contributed by atoms with Crippen molar-refractivity contribution in [2.45, 2.75) is 18.4 Å². The Balaban J connectivity index is 4.15. The molecule has 6 heteroatoms. The molecule has 0 saturated heterocycles. The van der Waals surface area contributed by atoms with Crippen molar-refractivity contribution in [1.82, 2.24) is 0 Å². The highest BCUT2D eigenvalue weighted by Crippen LogP contribution is 2.06. The molecule has 0 aromatic carbocycles. The van der Waals surface area contributed by atoms with Gasteiger partial charge in [0.25, 0.3) is 0 Å². The van der Waals surface area contributed by atoms with Crippen molar-refractivity contribution in [2.24, 2.45) is 0 Å². The van der Waals surface area contributed by atoms with Gasteiger partial charge >= 0.3 is 11.9 Å². The summed E-state index contributed by atoms with van der Waals surface area (Å²) in [5.74, 6) is -2.39. The molecule has 6 nitrogen and oxygen atoms in total. The molecule has 0 radical (unpaired) electrons. The zero-order chi connectivity index (χ0) is 9.78. The zero-order valence-electron chi connectivity index (χ0n) is 6.49. The Bertz CT molecular complexity index is 192. The third-order valence-corrected chi connectivity index (χ3v) is 1.57. The van der Waals surface area contributed by atoms with Crippen LogP contribution < -0.4 is 5.73 Å². The number of rotatable bonds is 5. The van der Waals surface area contributed by atoms with Crippen LogP contribution >= 0.6 is 0 Å². The highest BCUT2D eigenvalue weighted by Gasteiger charge is 2.37. The van der Waals surface area contributed by atoms with E-state index in [0.29, 0.717) is 0 Å². The second-order valence-electron chi connectivity index (χ2n) is 2.64. The molecule has 0 saturated carbocycles. The Labute approximate surface area is 68.6 Å². The fourth-order valence-corrected chi connectivity index (χ4v) is 0.600. The van der Waals surface area contributed by atoms with Gasteiger partial charge in [-0.1, -0.05) is 0 Å². The molecule has 6 N–H and O–H groups in total. The van der Waals surface area contributed by atoms with Gasteiger partial charge in [-0.15, -0.1) is 0 Å². The van der Waals surface area contributed by atoms with Crippen molar-refractivity contribution in [3.05, 3.63) is 0 Å². The number of carbonyl (C=O) groups is 2. The van der Waals surface area contributed by atoms with Crippen LogP contribution in [0.1, 0.15) is 12.8 Å². The molecule has 0 rings (SSSR count). The molecule has 0 fully saturated rings. The Kier molecular flexibility index (Phi) is 3.65. The summed E-state index contributed by atoms with van der Waals surface area (Å²) >= 11 is 0. The highest BCUT2D eigenvalue weighted by molar-refractivity contribution is 5.78. The quantitative estimate of drug-likeness (QED) is 0.384. The molecule has 0 aromatic rings. The van der Waals surface area contributed by atoms with Crippen LogP contribution in [-0.4, -0.2) is 39.4 Å². The Morgan fingerprint density at radius 2 is 1.83 bits per heavy atom. The number of carboxylic acid groups (broad SMARTS) is 2.